The Labute approximate surface area is 97.8 Å². The summed E-state index contributed by atoms with van der Waals surface area (Å²) in [6.07, 6.45) is 2.01. The molecule has 3 heteroatoms. The Morgan fingerprint density at radius 2 is 1.94 bits per heavy atom. The molecule has 0 spiro atoms. The summed E-state index contributed by atoms with van der Waals surface area (Å²) in [6.45, 7) is 4.71. The molecule has 1 rings (SSSR count). The lowest BCUT2D eigenvalue weighted by Crippen LogP contribution is -2.15. The molecule has 4 N–H and O–H groups in total. The lowest BCUT2D eigenvalue weighted by atomic mass is 10.0. The molecular weight excluding hydrogens is 200 g/mol. The van der Waals surface area contributed by atoms with Crippen LogP contribution >= 0.6 is 0 Å². The molecule has 0 bridgehead atoms. The molecule has 16 heavy (non-hydrogen) atoms. The maximum Gasteiger partial charge on any atom is 0.124 e. The van der Waals surface area contributed by atoms with Gasteiger partial charge in [-0.2, -0.15) is 0 Å². The Morgan fingerprint density at radius 3 is 2.56 bits per heavy atom. The molecule has 0 heterocycles. The van der Waals surface area contributed by atoms with Gasteiger partial charge in [-0.1, -0.05) is 18.2 Å². The van der Waals surface area contributed by atoms with Crippen LogP contribution in [0, 0.1) is 0 Å². The van der Waals surface area contributed by atoms with Crippen molar-refractivity contribution in [1.29, 1.82) is 0 Å². The number of benzene rings is 1. The molecule has 0 aliphatic carbocycles. The van der Waals surface area contributed by atoms with E-state index in [4.69, 9.17) is 16.2 Å². The molecule has 1 aromatic carbocycles. The molecule has 0 aliphatic heterocycles. The molecule has 0 radical (unpaired) electrons. The van der Waals surface area contributed by atoms with Gasteiger partial charge in [0.05, 0.1) is 6.10 Å². The standard InChI is InChI=1S/C13H22N2O/c1-10(2)16-13-8-4-3-6-11(13)12(15)7-5-9-14/h3-4,6,8,10,12H,5,7,9,14-15H2,1-2H3/t12-/m0/s1. The number of rotatable bonds is 6. The van der Waals surface area contributed by atoms with Crippen LogP contribution in [0.3, 0.4) is 0 Å². The zero-order valence-electron chi connectivity index (χ0n) is 10.1. The molecule has 0 aromatic heterocycles. The van der Waals surface area contributed by atoms with Crippen LogP contribution in [0.4, 0.5) is 0 Å². The van der Waals surface area contributed by atoms with E-state index in [9.17, 15) is 0 Å². The molecule has 1 aromatic rings. The third kappa shape index (κ3) is 3.83. The van der Waals surface area contributed by atoms with E-state index in [0.717, 1.165) is 24.2 Å². The van der Waals surface area contributed by atoms with Gasteiger partial charge in [0.2, 0.25) is 0 Å². The summed E-state index contributed by atoms with van der Waals surface area (Å²) in [5.41, 5.74) is 12.7. The SMILES string of the molecule is CC(C)Oc1ccccc1[C@@H](N)CCCN. The van der Waals surface area contributed by atoms with Crippen molar-refractivity contribution in [2.24, 2.45) is 11.5 Å². The second-order valence-electron chi connectivity index (χ2n) is 4.24. The minimum absolute atomic E-state index is 0.0125. The minimum Gasteiger partial charge on any atom is -0.491 e. The fourth-order valence-electron chi connectivity index (χ4n) is 1.64. The topological polar surface area (TPSA) is 61.3 Å². The molecular formula is C13H22N2O. The van der Waals surface area contributed by atoms with E-state index in [2.05, 4.69) is 0 Å². The first kappa shape index (κ1) is 13.0. The number of hydrogen-bond acceptors (Lipinski definition) is 3. The molecule has 3 nitrogen and oxygen atoms in total. The summed E-state index contributed by atoms with van der Waals surface area (Å²) in [6, 6.07) is 7.97. The molecule has 0 aliphatic rings. The van der Waals surface area contributed by atoms with Gasteiger partial charge in [-0.3, -0.25) is 0 Å². The lowest BCUT2D eigenvalue weighted by Gasteiger charge is -2.18. The average Bonchev–Trinajstić information content (AvgIpc) is 2.26. The smallest absolute Gasteiger partial charge is 0.124 e. The van der Waals surface area contributed by atoms with Gasteiger partial charge in [0.25, 0.3) is 0 Å². The highest BCUT2D eigenvalue weighted by Crippen LogP contribution is 2.26. The summed E-state index contributed by atoms with van der Waals surface area (Å²) in [5.74, 6) is 0.891. The van der Waals surface area contributed by atoms with E-state index >= 15 is 0 Å². The van der Waals surface area contributed by atoms with Crippen LogP contribution in [0.15, 0.2) is 24.3 Å². The van der Waals surface area contributed by atoms with Crippen LogP contribution < -0.4 is 16.2 Å². The fraction of sp³-hybridized carbons (Fsp3) is 0.538. The normalized spacial score (nSPS) is 12.8. The van der Waals surface area contributed by atoms with Gasteiger partial charge in [-0.25, -0.2) is 0 Å². The van der Waals surface area contributed by atoms with E-state index in [0.29, 0.717) is 6.54 Å². The molecule has 0 saturated carbocycles. The highest BCUT2D eigenvalue weighted by atomic mass is 16.5. The van der Waals surface area contributed by atoms with E-state index in [-0.39, 0.29) is 12.1 Å². The number of ether oxygens (including phenoxy) is 1. The predicted molar refractivity (Wildman–Crippen MR) is 67.4 cm³/mol. The van der Waals surface area contributed by atoms with Crippen molar-refractivity contribution < 1.29 is 4.74 Å². The van der Waals surface area contributed by atoms with Gasteiger partial charge in [-0.15, -0.1) is 0 Å². The van der Waals surface area contributed by atoms with Gasteiger partial charge < -0.3 is 16.2 Å². The molecule has 1 atom stereocenters. The van der Waals surface area contributed by atoms with Gasteiger partial charge in [0, 0.05) is 11.6 Å². The second-order valence-corrected chi connectivity index (χ2v) is 4.24. The molecule has 0 amide bonds. The largest absolute Gasteiger partial charge is 0.491 e. The molecule has 0 saturated heterocycles. The second kappa shape index (κ2) is 6.51. The molecule has 0 fully saturated rings. The summed E-state index contributed by atoms with van der Waals surface area (Å²) in [4.78, 5) is 0. The van der Waals surface area contributed by atoms with Crippen LogP contribution in [0.1, 0.15) is 38.3 Å². The summed E-state index contributed by atoms with van der Waals surface area (Å²) in [5, 5.41) is 0. The Morgan fingerprint density at radius 1 is 1.25 bits per heavy atom. The van der Waals surface area contributed by atoms with Crippen LogP contribution in [0.5, 0.6) is 5.75 Å². The van der Waals surface area contributed by atoms with Crippen LogP contribution in [0.2, 0.25) is 0 Å². The summed E-state index contributed by atoms with van der Waals surface area (Å²) in [7, 11) is 0. The lowest BCUT2D eigenvalue weighted by molar-refractivity contribution is 0.238. The first-order chi connectivity index (χ1) is 7.65. The van der Waals surface area contributed by atoms with Gasteiger partial charge in [0.15, 0.2) is 0 Å². The van der Waals surface area contributed by atoms with Crippen LogP contribution in [-0.4, -0.2) is 12.6 Å². The van der Waals surface area contributed by atoms with Crippen LogP contribution in [-0.2, 0) is 0 Å². The van der Waals surface area contributed by atoms with Gasteiger partial charge in [0.1, 0.15) is 5.75 Å². The average molecular weight is 222 g/mol. The molecule has 90 valence electrons. The van der Waals surface area contributed by atoms with Crippen molar-refractivity contribution in [3.63, 3.8) is 0 Å². The van der Waals surface area contributed by atoms with Crippen molar-refractivity contribution in [3.8, 4) is 5.75 Å². The minimum atomic E-state index is 0.0125. The quantitative estimate of drug-likeness (QED) is 0.775. The Kier molecular flexibility index (Phi) is 5.29. The van der Waals surface area contributed by atoms with Crippen molar-refractivity contribution in [3.05, 3.63) is 29.8 Å². The van der Waals surface area contributed by atoms with E-state index in [1.165, 1.54) is 0 Å². The summed E-state index contributed by atoms with van der Waals surface area (Å²) >= 11 is 0. The Hall–Kier alpha value is -1.06. The predicted octanol–water partition coefficient (Wildman–Crippen LogP) is 2.21. The third-order valence-electron chi connectivity index (χ3n) is 2.40. The number of hydrogen-bond donors (Lipinski definition) is 2. The van der Waals surface area contributed by atoms with E-state index in [1.807, 2.05) is 38.1 Å². The van der Waals surface area contributed by atoms with Crippen molar-refractivity contribution in [1.82, 2.24) is 0 Å². The first-order valence-electron chi connectivity index (χ1n) is 5.86. The summed E-state index contributed by atoms with van der Waals surface area (Å²) < 4.78 is 5.74. The highest BCUT2D eigenvalue weighted by molar-refractivity contribution is 5.35. The zero-order chi connectivity index (χ0) is 12.0. The molecule has 0 unspecified atom stereocenters. The number of nitrogens with two attached hydrogens (primary N) is 2. The van der Waals surface area contributed by atoms with Gasteiger partial charge >= 0.3 is 0 Å². The van der Waals surface area contributed by atoms with Crippen molar-refractivity contribution >= 4 is 0 Å². The third-order valence-corrected chi connectivity index (χ3v) is 2.40. The monoisotopic (exact) mass is 222 g/mol. The Balaban J connectivity index is 2.76. The van der Waals surface area contributed by atoms with E-state index in [1.54, 1.807) is 0 Å². The van der Waals surface area contributed by atoms with Gasteiger partial charge in [-0.05, 0) is 39.3 Å². The Bertz CT molecular complexity index is 313. The number of para-hydroxylation sites is 1. The maximum atomic E-state index is 6.12. The maximum absolute atomic E-state index is 6.12. The van der Waals surface area contributed by atoms with Crippen molar-refractivity contribution in [2.45, 2.75) is 38.8 Å². The fourth-order valence-corrected chi connectivity index (χ4v) is 1.64. The van der Waals surface area contributed by atoms with E-state index < -0.39 is 0 Å². The van der Waals surface area contributed by atoms with Crippen LogP contribution in [0.25, 0.3) is 0 Å². The van der Waals surface area contributed by atoms with Crippen molar-refractivity contribution in [2.75, 3.05) is 6.54 Å². The highest BCUT2D eigenvalue weighted by Gasteiger charge is 2.11. The first-order valence-corrected chi connectivity index (χ1v) is 5.86. The zero-order valence-corrected chi connectivity index (χ0v) is 10.1.